The smallest absolute Gasteiger partial charge is 0.337 e. The number of nitrogens with one attached hydrogen (secondary N) is 2. The molecule has 0 aliphatic carbocycles. The number of carboxylic acids is 1. The summed E-state index contributed by atoms with van der Waals surface area (Å²) in [6.45, 7) is 0. The van der Waals surface area contributed by atoms with Crippen LogP contribution in [0.15, 0.2) is 42.5 Å². The summed E-state index contributed by atoms with van der Waals surface area (Å²) in [4.78, 5) is 22.8. The van der Waals surface area contributed by atoms with Crippen molar-refractivity contribution in [2.24, 2.45) is 0 Å². The molecule has 0 heterocycles. The second-order valence-corrected chi connectivity index (χ2v) is 4.49. The average Bonchev–Trinajstić information content (AvgIpc) is 2.40. The summed E-state index contributed by atoms with van der Waals surface area (Å²) in [6.07, 6.45) is 0. The highest BCUT2D eigenvalue weighted by Crippen LogP contribution is 2.21. The fraction of sp³-hybridized carbons (Fsp3) is 0. The molecular weight excluding hydrogens is 299 g/mol. The van der Waals surface area contributed by atoms with E-state index in [2.05, 4.69) is 10.6 Å². The molecule has 108 valence electrons. The Kier molecular flexibility index (Phi) is 4.39. The molecule has 3 N–H and O–H groups in total. The number of hydrogen-bond acceptors (Lipinski definition) is 2. The first-order chi connectivity index (χ1) is 9.97. The van der Waals surface area contributed by atoms with Gasteiger partial charge in [0.25, 0.3) is 0 Å². The van der Waals surface area contributed by atoms with Crippen molar-refractivity contribution in [3.05, 3.63) is 58.9 Å². The van der Waals surface area contributed by atoms with Crippen molar-refractivity contribution in [2.75, 3.05) is 10.6 Å². The number of hydrogen-bond donors (Lipinski definition) is 3. The average molecular weight is 309 g/mol. The van der Waals surface area contributed by atoms with Gasteiger partial charge in [0, 0.05) is 10.7 Å². The topological polar surface area (TPSA) is 78.4 Å². The van der Waals surface area contributed by atoms with Crippen LogP contribution in [0, 0.1) is 5.82 Å². The van der Waals surface area contributed by atoms with E-state index in [0.717, 1.165) is 6.07 Å². The highest BCUT2D eigenvalue weighted by molar-refractivity contribution is 6.30. The standard InChI is InChI=1S/C14H10ClFN2O3/c15-8-3-1-4-9(7-8)17-14(21)18-12-10(13(19)20)5-2-6-11(12)16/h1-7H,(H,19,20)(H2,17,18,21). The molecule has 0 bridgehead atoms. The number of para-hydroxylation sites is 1. The van der Waals surface area contributed by atoms with E-state index in [9.17, 15) is 14.0 Å². The Morgan fingerprint density at radius 2 is 1.81 bits per heavy atom. The van der Waals surface area contributed by atoms with E-state index >= 15 is 0 Å². The van der Waals surface area contributed by atoms with Crippen molar-refractivity contribution >= 4 is 35.0 Å². The quantitative estimate of drug-likeness (QED) is 0.806. The van der Waals surface area contributed by atoms with Crippen LogP contribution < -0.4 is 10.6 Å². The number of carboxylic acid groups (broad SMARTS) is 1. The van der Waals surface area contributed by atoms with Gasteiger partial charge in [0.15, 0.2) is 0 Å². The van der Waals surface area contributed by atoms with Crippen LogP contribution >= 0.6 is 11.6 Å². The maximum atomic E-state index is 13.6. The summed E-state index contributed by atoms with van der Waals surface area (Å²) >= 11 is 5.77. The number of carbonyl (C=O) groups excluding carboxylic acids is 1. The van der Waals surface area contributed by atoms with Gasteiger partial charge in [-0.25, -0.2) is 14.0 Å². The highest BCUT2D eigenvalue weighted by atomic mass is 35.5. The van der Waals surface area contributed by atoms with Crippen LogP contribution in [-0.4, -0.2) is 17.1 Å². The van der Waals surface area contributed by atoms with Crippen molar-refractivity contribution < 1.29 is 19.1 Å². The van der Waals surface area contributed by atoms with Gasteiger partial charge in [0.1, 0.15) is 5.82 Å². The molecule has 2 aromatic rings. The number of urea groups is 1. The minimum Gasteiger partial charge on any atom is -0.478 e. The Balaban J connectivity index is 2.18. The van der Waals surface area contributed by atoms with Crippen LogP contribution in [0.2, 0.25) is 5.02 Å². The van der Waals surface area contributed by atoms with E-state index in [1.165, 1.54) is 18.2 Å². The zero-order valence-electron chi connectivity index (χ0n) is 10.6. The molecule has 0 aliphatic rings. The summed E-state index contributed by atoms with van der Waals surface area (Å²) in [5.74, 6) is -2.18. The van der Waals surface area contributed by atoms with Crippen LogP contribution in [-0.2, 0) is 0 Å². The first-order valence-corrected chi connectivity index (χ1v) is 6.20. The van der Waals surface area contributed by atoms with Crippen LogP contribution in [0.4, 0.5) is 20.6 Å². The van der Waals surface area contributed by atoms with Crippen molar-refractivity contribution in [3.63, 3.8) is 0 Å². The Hall–Kier alpha value is -2.60. The van der Waals surface area contributed by atoms with Gasteiger partial charge in [-0.05, 0) is 30.3 Å². The first kappa shape index (κ1) is 14.8. The number of benzene rings is 2. The molecule has 0 radical (unpaired) electrons. The van der Waals surface area contributed by atoms with Gasteiger partial charge in [-0.2, -0.15) is 0 Å². The minimum atomic E-state index is -1.34. The van der Waals surface area contributed by atoms with Crippen LogP contribution in [0.3, 0.4) is 0 Å². The lowest BCUT2D eigenvalue weighted by Gasteiger charge is -2.11. The molecule has 0 aromatic heterocycles. The molecule has 7 heteroatoms. The number of halogens is 2. The summed E-state index contributed by atoms with van der Waals surface area (Å²) in [6, 6.07) is 9.07. The molecular formula is C14H10ClFN2O3. The van der Waals surface area contributed by atoms with E-state index in [4.69, 9.17) is 16.7 Å². The van der Waals surface area contributed by atoms with Gasteiger partial charge in [-0.1, -0.05) is 23.7 Å². The number of anilines is 2. The predicted molar refractivity (Wildman–Crippen MR) is 77.5 cm³/mol. The zero-order valence-corrected chi connectivity index (χ0v) is 11.3. The Labute approximate surface area is 124 Å². The number of rotatable bonds is 3. The van der Waals surface area contributed by atoms with Crippen LogP contribution in [0.5, 0.6) is 0 Å². The van der Waals surface area contributed by atoms with Gasteiger partial charge < -0.3 is 15.7 Å². The molecule has 0 saturated carbocycles. The minimum absolute atomic E-state index is 0.337. The zero-order chi connectivity index (χ0) is 15.4. The van der Waals surface area contributed by atoms with Crippen molar-refractivity contribution in [1.29, 1.82) is 0 Å². The molecule has 21 heavy (non-hydrogen) atoms. The Bertz CT molecular complexity index is 706. The first-order valence-electron chi connectivity index (χ1n) is 5.83. The van der Waals surface area contributed by atoms with E-state index in [1.807, 2.05) is 0 Å². The summed E-state index contributed by atoms with van der Waals surface area (Å²) < 4.78 is 13.6. The lowest BCUT2D eigenvalue weighted by molar-refractivity contribution is 0.0697. The fourth-order valence-corrected chi connectivity index (χ4v) is 1.86. The summed E-state index contributed by atoms with van der Waals surface area (Å²) in [5, 5.41) is 14.0. The van der Waals surface area contributed by atoms with Crippen molar-refractivity contribution in [1.82, 2.24) is 0 Å². The molecule has 0 unspecified atom stereocenters. The molecule has 0 fully saturated rings. The molecule has 5 nitrogen and oxygen atoms in total. The van der Waals surface area contributed by atoms with Gasteiger partial charge in [0.2, 0.25) is 0 Å². The van der Waals surface area contributed by atoms with Crippen LogP contribution in [0.25, 0.3) is 0 Å². The predicted octanol–water partition coefficient (Wildman–Crippen LogP) is 3.82. The maximum Gasteiger partial charge on any atom is 0.337 e. The van der Waals surface area contributed by atoms with Crippen LogP contribution in [0.1, 0.15) is 10.4 Å². The third-order valence-corrected chi connectivity index (χ3v) is 2.80. The van der Waals surface area contributed by atoms with E-state index < -0.39 is 23.5 Å². The molecule has 2 aromatic carbocycles. The fourth-order valence-electron chi connectivity index (χ4n) is 1.67. The monoisotopic (exact) mass is 308 g/mol. The Morgan fingerprint density at radius 3 is 2.48 bits per heavy atom. The lowest BCUT2D eigenvalue weighted by Crippen LogP contribution is -2.21. The molecule has 0 atom stereocenters. The van der Waals surface area contributed by atoms with E-state index in [-0.39, 0.29) is 5.56 Å². The van der Waals surface area contributed by atoms with Crippen molar-refractivity contribution in [3.8, 4) is 0 Å². The number of carbonyl (C=O) groups is 2. The second kappa shape index (κ2) is 6.23. The molecule has 2 amide bonds. The maximum absolute atomic E-state index is 13.6. The molecule has 2 rings (SSSR count). The van der Waals surface area contributed by atoms with E-state index in [1.54, 1.807) is 18.2 Å². The summed E-state index contributed by atoms with van der Waals surface area (Å²) in [5.41, 5.74) is -0.339. The van der Waals surface area contributed by atoms with Gasteiger partial charge in [-0.3, -0.25) is 0 Å². The molecule has 0 saturated heterocycles. The Morgan fingerprint density at radius 1 is 1.10 bits per heavy atom. The summed E-state index contributed by atoms with van der Waals surface area (Å²) in [7, 11) is 0. The second-order valence-electron chi connectivity index (χ2n) is 4.06. The SMILES string of the molecule is O=C(Nc1cccc(Cl)c1)Nc1c(F)cccc1C(=O)O. The third-order valence-electron chi connectivity index (χ3n) is 2.57. The van der Waals surface area contributed by atoms with Crippen molar-refractivity contribution in [2.45, 2.75) is 0 Å². The third kappa shape index (κ3) is 3.70. The molecule has 0 spiro atoms. The largest absolute Gasteiger partial charge is 0.478 e. The normalized spacial score (nSPS) is 10.0. The molecule has 0 aliphatic heterocycles. The highest BCUT2D eigenvalue weighted by Gasteiger charge is 2.16. The van der Waals surface area contributed by atoms with Gasteiger partial charge in [0.05, 0.1) is 11.3 Å². The number of aromatic carboxylic acids is 1. The number of amides is 2. The van der Waals surface area contributed by atoms with Gasteiger partial charge >= 0.3 is 12.0 Å². The van der Waals surface area contributed by atoms with Gasteiger partial charge in [-0.15, -0.1) is 0 Å². The lowest BCUT2D eigenvalue weighted by atomic mass is 10.1. The van der Waals surface area contributed by atoms with E-state index in [0.29, 0.717) is 10.7 Å².